The van der Waals surface area contributed by atoms with Gasteiger partial charge in [0.25, 0.3) is 0 Å². The van der Waals surface area contributed by atoms with Gasteiger partial charge in [-0.15, -0.1) is 10.2 Å². The van der Waals surface area contributed by atoms with Crippen LogP contribution in [0.5, 0.6) is 0 Å². The summed E-state index contributed by atoms with van der Waals surface area (Å²) in [6, 6.07) is 22.2. The Morgan fingerprint density at radius 1 is 0.882 bits per heavy atom. The van der Waals surface area contributed by atoms with Crippen molar-refractivity contribution in [2.75, 3.05) is 10.6 Å². The van der Waals surface area contributed by atoms with Gasteiger partial charge in [0.05, 0.1) is 10.7 Å². The molecule has 1 heterocycles. The Balaban J connectivity index is 1.48. The molecule has 0 aliphatic rings. The normalized spacial score (nSPS) is 11.5. The molecular weight excluding hydrogens is 493 g/mol. The van der Waals surface area contributed by atoms with Crippen LogP contribution in [0.2, 0.25) is 10.0 Å². The molecule has 0 saturated carbocycles. The van der Waals surface area contributed by atoms with E-state index in [9.17, 15) is 9.59 Å². The Kier molecular flexibility index (Phi) is 7.74. The molecule has 0 fully saturated rings. The summed E-state index contributed by atoms with van der Waals surface area (Å²) in [5, 5.41) is 18.1. The van der Waals surface area contributed by atoms with Crippen molar-refractivity contribution in [1.29, 1.82) is 0 Å². The van der Waals surface area contributed by atoms with Crippen molar-refractivity contribution in [3.05, 3.63) is 94.5 Å². The molecule has 172 valence electrons. The van der Waals surface area contributed by atoms with Crippen LogP contribution in [0, 0.1) is 0 Å². The van der Waals surface area contributed by atoms with E-state index in [4.69, 9.17) is 23.2 Å². The van der Waals surface area contributed by atoms with Gasteiger partial charge in [0.1, 0.15) is 11.0 Å². The Hall–Kier alpha value is -3.46. The van der Waals surface area contributed by atoms with Crippen molar-refractivity contribution < 1.29 is 9.59 Å². The fourth-order valence-corrected chi connectivity index (χ4v) is 4.34. The van der Waals surface area contributed by atoms with Crippen molar-refractivity contribution in [3.63, 3.8) is 0 Å². The van der Waals surface area contributed by atoms with E-state index in [0.29, 0.717) is 20.8 Å². The second-order valence-corrected chi connectivity index (χ2v) is 9.05. The molecule has 4 rings (SSSR count). The lowest BCUT2D eigenvalue weighted by Gasteiger charge is -2.18. The number of carbonyl (C=O) groups excluding carboxylic acids is 2. The quantitative estimate of drug-likeness (QED) is 0.288. The van der Waals surface area contributed by atoms with E-state index in [2.05, 4.69) is 26.1 Å². The lowest BCUT2D eigenvalue weighted by atomic mass is 10.1. The molecule has 10 heteroatoms. The summed E-state index contributed by atoms with van der Waals surface area (Å²) in [6.45, 7) is 0. The van der Waals surface area contributed by atoms with Crippen LogP contribution in [0.1, 0.15) is 5.56 Å². The average Bonchev–Trinajstić information content (AvgIpc) is 3.30. The Morgan fingerprint density at radius 3 is 2.29 bits per heavy atom. The molecular formula is C24H19Cl2N5O2S. The van der Waals surface area contributed by atoms with E-state index in [1.54, 1.807) is 12.1 Å². The first-order chi connectivity index (χ1) is 16.5. The topological polar surface area (TPSA) is 96.0 Å². The third kappa shape index (κ3) is 6.32. The van der Waals surface area contributed by atoms with E-state index >= 15 is 0 Å². The minimum absolute atomic E-state index is 0.277. The zero-order valence-corrected chi connectivity index (χ0v) is 20.0. The third-order valence-corrected chi connectivity index (χ3v) is 6.20. The maximum Gasteiger partial charge on any atom is 0.319 e. The molecule has 0 spiro atoms. The highest BCUT2D eigenvalue weighted by Crippen LogP contribution is 2.27. The highest BCUT2D eigenvalue weighted by Gasteiger charge is 2.23. The van der Waals surface area contributed by atoms with Gasteiger partial charge in [0.15, 0.2) is 0 Å². The largest absolute Gasteiger partial charge is 0.326 e. The average molecular weight is 512 g/mol. The number of carbonyl (C=O) groups is 2. The van der Waals surface area contributed by atoms with Crippen LogP contribution in [-0.2, 0) is 11.2 Å². The number of hydrogen-bond acceptors (Lipinski definition) is 5. The predicted molar refractivity (Wildman–Crippen MR) is 137 cm³/mol. The molecule has 7 nitrogen and oxygen atoms in total. The lowest BCUT2D eigenvalue weighted by molar-refractivity contribution is -0.117. The van der Waals surface area contributed by atoms with Crippen molar-refractivity contribution in [1.82, 2.24) is 15.5 Å². The number of anilines is 2. The van der Waals surface area contributed by atoms with Gasteiger partial charge in [0, 0.05) is 17.0 Å². The molecule has 1 aromatic heterocycles. The molecule has 34 heavy (non-hydrogen) atoms. The van der Waals surface area contributed by atoms with Crippen LogP contribution in [0.4, 0.5) is 15.6 Å². The maximum absolute atomic E-state index is 13.1. The van der Waals surface area contributed by atoms with Crippen LogP contribution in [0.3, 0.4) is 0 Å². The van der Waals surface area contributed by atoms with Gasteiger partial charge in [-0.1, -0.05) is 95.2 Å². The first-order valence-electron chi connectivity index (χ1n) is 10.2. The van der Waals surface area contributed by atoms with Crippen LogP contribution in [0.25, 0.3) is 10.6 Å². The van der Waals surface area contributed by atoms with E-state index in [1.807, 2.05) is 60.7 Å². The number of rotatable bonds is 7. The van der Waals surface area contributed by atoms with Gasteiger partial charge >= 0.3 is 6.03 Å². The summed E-state index contributed by atoms with van der Waals surface area (Å²) in [5.74, 6) is -0.419. The molecule has 0 aliphatic heterocycles. The fourth-order valence-electron chi connectivity index (χ4n) is 3.13. The van der Waals surface area contributed by atoms with E-state index in [1.165, 1.54) is 17.4 Å². The van der Waals surface area contributed by atoms with Crippen LogP contribution in [0.15, 0.2) is 78.9 Å². The number of nitrogens with zero attached hydrogens (tertiary/aromatic N) is 2. The highest BCUT2D eigenvalue weighted by molar-refractivity contribution is 7.18. The molecule has 1 unspecified atom stereocenters. The van der Waals surface area contributed by atoms with Gasteiger partial charge in [-0.3, -0.25) is 10.1 Å². The summed E-state index contributed by atoms with van der Waals surface area (Å²) >= 11 is 13.3. The van der Waals surface area contributed by atoms with Gasteiger partial charge in [-0.25, -0.2) is 4.79 Å². The van der Waals surface area contributed by atoms with Gasteiger partial charge in [0.2, 0.25) is 11.0 Å². The predicted octanol–water partition coefficient (Wildman–Crippen LogP) is 5.88. The molecule has 3 N–H and O–H groups in total. The zero-order valence-electron chi connectivity index (χ0n) is 17.7. The maximum atomic E-state index is 13.1. The Labute approximate surface area is 210 Å². The monoisotopic (exact) mass is 511 g/mol. The number of amides is 3. The van der Waals surface area contributed by atoms with E-state index in [0.717, 1.165) is 11.1 Å². The zero-order chi connectivity index (χ0) is 23.9. The first-order valence-corrected chi connectivity index (χ1v) is 11.8. The van der Waals surface area contributed by atoms with Crippen molar-refractivity contribution in [2.24, 2.45) is 0 Å². The summed E-state index contributed by atoms with van der Waals surface area (Å²) < 4.78 is 0. The Bertz CT molecular complexity index is 1290. The van der Waals surface area contributed by atoms with Crippen LogP contribution >= 0.6 is 34.5 Å². The Morgan fingerprint density at radius 2 is 1.59 bits per heavy atom. The molecule has 3 amide bonds. The van der Waals surface area contributed by atoms with Crippen molar-refractivity contribution >= 4 is 57.3 Å². The van der Waals surface area contributed by atoms with Crippen molar-refractivity contribution in [3.8, 4) is 10.6 Å². The number of aromatic nitrogens is 2. The van der Waals surface area contributed by atoms with E-state index < -0.39 is 18.0 Å². The molecule has 3 aromatic carbocycles. The molecule has 0 aliphatic carbocycles. The third-order valence-electron chi connectivity index (χ3n) is 4.76. The minimum atomic E-state index is -0.877. The number of nitrogens with one attached hydrogen (secondary N) is 3. The highest BCUT2D eigenvalue weighted by atomic mass is 35.5. The fraction of sp³-hybridized carbons (Fsp3) is 0.0833. The summed E-state index contributed by atoms with van der Waals surface area (Å²) in [5.41, 5.74) is 2.16. The minimum Gasteiger partial charge on any atom is -0.326 e. The number of urea groups is 1. The van der Waals surface area contributed by atoms with Gasteiger partial charge in [-0.05, 0) is 23.8 Å². The first kappa shape index (κ1) is 23.7. The van der Waals surface area contributed by atoms with Gasteiger partial charge < -0.3 is 10.6 Å². The summed E-state index contributed by atoms with van der Waals surface area (Å²) in [4.78, 5) is 25.8. The van der Waals surface area contributed by atoms with E-state index in [-0.39, 0.29) is 11.4 Å². The SMILES string of the molecule is O=C(Nc1ccc(Cl)cc1Cl)NC(Cc1ccccc1)C(=O)Nc1nnc(-c2ccccc2)s1. The van der Waals surface area contributed by atoms with Crippen molar-refractivity contribution in [2.45, 2.75) is 12.5 Å². The molecule has 0 saturated heterocycles. The molecule has 0 radical (unpaired) electrons. The number of benzene rings is 3. The lowest BCUT2D eigenvalue weighted by Crippen LogP contribution is -2.47. The summed E-state index contributed by atoms with van der Waals surface area (Å²) in [6.07, 6.45) is 0.277. The second-order valence-electron chi connectivity index (χ2n) is 7.23. The molecule has 4 aromatic rings. The smallest absolute Gasteiger partial charge is 0.319 e. The number of hydrogen-bond donors (Lipinski definition) is 3. The number of halogens is 2. The standard InChI is InChI=1S/C24H19Cl2N5O2S/c25-17-11-12-19(18(26)14-17)27-23(33)28-20(13-15-7-3-1-4-8-15)21(32)29-24-31-30-22(34-24)16-9-5-2-6-10-16/h1-12,14,20H,13H2,(H2,27,28,33)(H,29,31,32). The van der Waals surface area contributed by atoms with Crippen LogP contribution < -0.4 is 16.0 Å². The molecule has 1 atom stereocenters. The van der Waals surface area contributed by atoms with Crippen LogP contribution in [-0.4, -0.2) is 28.2 Å². The van der Waals surface area contributed by atoms with Gasteiger partial charge in [-0.2, -0.15) is 0 Å². The second kappa shape index (κ2) is 11.1. The molecule has 0 bridgehead atoms. The summed E-state index contributed by atoms with van der Waals surface area (Å²) in [7, 11) is 0.